The van der Waals surface area contributed by atoms with Crippen LogP contribution in [0.5, 0.6) is 0 Å². The number of nitrogens with one attached hydrogen (secondary N) is 1. The van der Waals surface area contributed by atoms with Crippen LogP contribution in [0.2, 0.25) is 0 Å². The number of hydrogen-bond donors (Lipinski definition) is 1. The molecule has 0 aromatic carbocycles. The number of furan rings is 1. The molecule has 1 amide bonds. The molecule has 9 heteroatoms. The number of amides is 1. The molecule has 1 aliphatic rings. The van der Waals surface area contributed by atoms with Crippen molar-refractivity contribution >= 4 is 34.1 Å². The van der Waals surface area contributed by atoms with E-state index in [0.717, 1.165) is 36.1 Å². The summed E-state index contributed by atoms with van der Waals surface area (Å²) in [4.78, 5) is 24.7. The predicted octanol–water partition coefficient (Wildman–Crippen LogP) is 3.00. The van der Waals surface area contributed by atoms with E-state index in [4.69, 9.17) is 4.42 Å². The number of hydrogen-bond acceptors (Lipinski definition) is 7. The molecule has 0 atom stereocenters. The lowest BCUT2D eigenvalue weighted by Crippen LogP contribution is -2.25. The Morgan fingerprint density at radius 3 is 3.12 bits per heavy atom. The van der Waals surface area contributed by atoms with Gasteiger partial charge in [-0.15, -0.1) is 11.3 Å². The average Bonchev–Trinajstić information content (AvgIpc) is 3.32. The molecule has 0 radical (unpaired) electrons. The molecular formula is C17H19N5O2S2. The maximum absolute atomic E-state index is 12.4. The van der Waals surface area contributed by atoms with Gasteiger partial charge in [-0.25, -0.2) is 9.97 Å². The van der Waals surface area contributed by atoms with Gasteiger partial charge in [-0.1, -0.05) is 11.8 Å². The lowest BCUT2D eigenvalue weighted by molar-refractivity contribution is 0.0995. The number of aryl methyl sites for hydroxylation is 1. The third kappa shape index (κ3) is 3.69. The van der Waals surface area contributed by atoms with Crippen molar-refractivity contribution < 1.29 is 9.21 Å². The first-order valence-electron chi connectivity index (χ1n) is 8.26. The van der Waals surface area contributed by atoms with Gasteiger partial charge < -0.3 is 13.9 Å². The number of anilines is 1. The zero-order chi connectivity index (χ0) is 18.1. The van der Waals surface area contributed by atoms with E-state index in [2.05, 4.69) is 27.2 Å². The van der Waals surface area contributed by atoms with Gasteiger partial charge in [-0.3, -0.25) is 10.1 Å². The number of likely N-dealkylation sites (N-methyl/N-ethyl adjacent to an activating group) is 1. The topological polar surface area (TPSA) is 76.2 Å². The number of carbonyl (C=O) groups is 1. The van der Waals surface area contributed by atoms with Crippen molar-refractivity contribution in [2.24, 2.45) is 7.05 Å². The van der Waals surface area contributed by atoms with Gasteiger partial charge in [0.05, 0.1) is 11.4 Å². The summed E-state index contributed by atoms with van der Waals surface area (Å²) in [7, 11) is 4.04. The third-order valence-electron chi connectivity index (χ3n) is 4.15. The van der Waals surface area contributed by atoms with Gasteiger partial charge in [0.1, 0.15) is 5.76 Å². The molecule has 1 N–H and O–H groups in total. The van der Waals surface area contributed by atoms with Crippen LogP contribution >= 0.6 is 23.1 Å². The summed E-state index contributed by atoms with van der Waals surface area (Å²) in [6.45, 7) is 1.89. The smallest absolute Gasteiger partial charge is 0.293 e. The lowest BCUT2D eigenvalue weighted by atomic mass is 10.2. The Kier molecular flexibility index (Phi) is 4.84. The molecule has 0 unspecified atom stereocenters. The number of thioether (sulfide) groups is 1. The zero-order valence-electron chi connectivity index (χ0n) is 14.6. The highest BCUT2D eigenvalue weighted by Crippen LogP contribution is 2.28. The van der Waals surface area contributed by atoms with Crippen molar-refractivity contribution in [3.05, 3.63) is 46.6 Å². The minimum atomic E-state index is -0.266. The second kappa shape index (κ2) is 7.26. The first kappa shape index (κ1) is 17.3. The molecule has 3 aromatic rings. The Hall–Kier alpha value is -2.10. The van der Waals surface area contributed by atoms with E-state index in [1.54, 1.807) is 24.0 Å². The molecule has 136 valence electrons. The van der Waals surface area contributed by atoms with Crippen molar-refractivity contribution in [2.75, 3.05) is 18.9 Å². The Labute approximate surface area is 159 Å². The van der Waals surface area contributed by atoms with E-state index in [1.165, 1.54) is 16.2 Å². The fourth-order valence-electron chi connectivity index (χ4n) is 2.74. The summed E-state index contributed by atoms with van der Waals surface area (Å²) in [5.74, 6) is 1.39. The van der Waals surface area contributed by atoms with Crippen LogP contribution in [0.15, 0.2) is 34.1 Å². The molecular weight excluding hydrogens is 370 g/mol. The summed E-state index contributed by atoms with van der Waals surface area (Å²) in [5, 5.41) is 4.40. The van der Waals surface area contributed by atoms with Crippen molar-refractivity contribution in [3.63, 3.8) is 0 Å². The Morgan fingerprint density at radius 2 is 2.31 bits per heavy atom. The van der Waals surface area contributed by atoms with Crippen molar-refractivity contribution in [3.8, 4) is 0 Å². The summed E-state index contributed by atoms with van der Waals surface area (Å²) in [6, 6.07) is 3.53. The maximum Gasteiger partial charge on any atom is 0.293 e. The minimum Gasteiger partial charge on any atom is -0.455 e. The first-order valence-corrected chi connectivity index (χ1v) is 10.1. The summed E-state index contributed by atoms with van der Waals surface area (Å²) in [5.41, 5.74) is 1.09. The molecule has 3 aromatic heterocycles. The Morgan fingerprint density at radius 1 is 1.42 bits per heavy atom. The van der Waals surface area contributed by atoms with Crippen LogP contribution < -0.4 is 5.32 Å². The van der Waals surface area contributed by atoms with Crippen molar-refractivity contribution in [1.82, 2.24) is 19.4 Å². The lowest BCUT2D eigenvalue weighted by Gasteiger charge is -2.20. The Balaban J connectivity index is 1.38. The Bertz CT molecular complexity index is 929. The van der Waals surface area contributed by atoms with Crippen LogP contribution in [0, 0.1) is 0 Å². The second-order valence-corrected chi connectivity index (χ2v) is 8.23. The van der Waals surface area contributed by atoms with Crippen LogP contribution in [0.1, 0.15) is 26.9 Å². The molecule has 0 saturated heterocycles. The molecule has 1 aliphatic heterocycles. The largest absolute Gasteiger partial charge is 0.455 e. The normalized spacial score (nSPS) is 14.4. The van der Waals surface area contributed by atoms with Crippen molar-refractivity contribution in [2.45, 2.75) is 23.9 Å². The van der Waals surface area contributed by atoms with Crippen LogP contribution in [-0.2, 0) is 25.8 Å². The second-order valence-electron chi connectivity index (χ2n) is 6.21. The van der Waals surface area contributed by atoms with E-state index < -0.39 is 0 Å². The number of fused-ring (bicyclic) bond motifs is 1. The number of carbonyl (C=O) groups excluding carboxylic acids is 1. The molecule has 26 heavy (non-hydrogen) atoms. The first-order chi connectivity index (χ1) is 12.6. The van der Waals surface area contributed by atoms with Crippen LogP contribution in [0.3, 0.4) is 0 Å². The molecule has 4 heterocycles. The van der Waals surface area contributed by atoms with E-state index in [1.807, 2.05) is 23.9 Å². The van der Waals surface area contributed by atoms with Gasteiger partial charge in [-0.05, 0) is 19.2 Å². The quantitative estimate of drug-likeness (QED) is 0.676. The van der Waals surface area contributed by atoms with E-state index in [0.29, 0.717) is 16.6 Å². The fraction of sp³-hybridized carbons (Fsp3) is 0.353. The average molecular weight is 390 g/mol. The van der Waals surface area contributed by atoms with Gasteiger partial charge in [-0.2, -0.15) is 0 Å². The number of rotatable bonds is 5. The highest BCUT2D eigenvalue weighted by molar-refractivity contribution is 7.98. The highest BCUT2D eigenvalue weighted by atomic mass is 32.2. The van der Waals surface area contributed by atoms with Gasteiger partial charge in [0.2, 0.25) is 0 Å². The van der Waals surface area contributed by atoms with Crippen LogP contribution in [0.4, 0.5) is 5.13 Å². The SMILES string of the molecule is CN1CCc2nc(NC(=O)c3ccc(CSc4nccn4C)o3)sc2C1. The number of thiazole rings is 1. The molecule has 0 bridgehead atoms. The van der Waals surface area contributed by atoms with Crippen LogP contribution in [-0.4, -0.2) is 38.9 Å². The van der Waals surface area contributed by atoms with Crippen molar-refractivity contribution in [1.29, 1.82) is 0 Å². The minimum absolute atomic E-state index is 0.266. The zero-order valence-corrected chi connectivity index (χ0v) is 16.2. The summed E-state index contributed by atoms with van der Waals surface area (Å²) >= 11 is 3.10. The van der Waals surface area contributed by atoms with E-state index in [9.17, 15) is 4.79 Å². The summed E-state index contributed by atoms with van der Waals surface area (Å²) in [6.07, 6.45) is 4.58. The monoisotopic (exact) mass is 389 g/mol. The van der Waals surface area contributed by atoms with Gasteiger partial charge >= 0.3 is 0 Å². The molecule has 0 spiro atoms. The third-order valence-corrected chi connectivity index (χ3v) is 6.23. The molecule has 0 saturated carbocycles. The van der Waals surface area contributed by atoms with Gasteiger partial charge in [0, 0.05) is 43.8 Å². The number of aromatic nitrogens is 3. The molecule has 0 aliphatic carbocycles. The molecule has 0 fully saturated rings. The predicted molar refractivity (Wildman–Crippen MR) is 102 cm³/mol. The molecule has 4 rings (SSSR count). The number of nitrogens with zero attached hydrogens (tertiary/aromatic N) is 4. The molecule has 7 nitrogen and oxygen atoms in total. The van der Waals surface area contributed by atoms with Gasteiger partial charge in [0.15, 0.2) is 16.0 Å². The fourth-order valence-corrected chi connectivity index (χ4v) is 4.65. The standard InChI is InChI=1S/C17H19N5O2S2/c1-21-7-5-12-14(9-21)26-16(19-12)20-15(23)13-4-3-11(24-13)10-25-17-18-6-8-22(17)2/h3-4,6,8H,5,7,9-10H2,1-2H3,(H,19,20,23). The van der Waals surface area contributed by atoms with E-state index in [-0.39, 0.29) is 5.91 Å². The number of imidazole rings is 1. The maximum atomic E-state index is 12.4. The van der Waals surface area contributed by atoms with Gasteiger partial charge in [0.25, 0.3) is 5.91 Å². The van der Waals surface area contributed by atoms with E-state index >= 15 is 0 Å². The van der Waals surface area contributed by atoms with Crippen LogP contribution in [0.25, 0.3) is 0 Å². The highest BCUT2D eigenvalue weighted by Gasteiger charge is 2.20. The summed E-state index contributed by atoms with van der Waals surface area (Å²) < 4.78 is 7.62.